The Bertz CT molecular complexity index is 469. The van der Waals surface area contributed by atoms with Crippen LogP contribution in [0.3, 0.4) is 0 Å². The molecule has 0 amide bonds. The highest BCUT2D eigenvalue weighted by atomic mass is 32.2. The molecule has 0 spiro atoms. The maximum absolute atomic E-state index is 11.8. The van der Waals surface area contributed by atoms with Crippen LogP contribution in [0.15, 0.2) is 24.3 Å². The van der Waals surface area contributed by atoms with Crippen molar-refractivity contribution in [2.45, 2.75) is 39.7 Å². The van der Waals surface area contributed by atoms with Crippen LogP contribution in [0.4, 0.5) is 0 Å². The zero-order valence-corrected chi connectivity index (χ0v) is 13.3. The third-order valence-electron chi connectivity index (χ3n) is 3.06. The Hall–Kier alpha value is -0.910. The molecule has 1 rings (SSSR count). The molecule has 0 saturated heterocycles. The van der Waals surface area contributed by atoms with Gasteiger partial charge >= 0.3 is 0 Å². The minimum absolute atomic E-state index is 0.201. The zero-order chi connectivity index (χ0) is 14.8. The average Bonchev–Trinajstić information content (AvgIpc) is 2.42. The molecule has 0 aliphatic rings. The van der Waals surface area contributed by atoms with Crippen molar-refractivity contribution in [2.24, 2.45) is 0 Å². The van der Waals surface area contributed by atoms with E-state index in [0.717, 1.165) is 31.5 Å². The molecule has 0 heterocycles. The minimum Gasteiger partial charge on any atom is -0.317 e. The first-order valence-electron chi connectivity index (χ1n) is 7.27. The van der Waals surface area contributed by atoms with E-state index >= 15 is 0 Å². The van der Waals surface area contributed by atoms with Gasteiger partial charge in [-0.2, -0.15) is 0 Å². The molecule has 0 bridgehead atoms. The van der Waals surface area contributed by atoms with Crippen molar-refractivity contribution < 1.29 is 8.42 Å². The first-order chi connectivity index (χ1) is 9.53. The summed E-state index contributed by atoms with van der Waals surface area (Å²) in [7, 11) is -3.16. The fourth-order valence-corrected chi connectivity index (χ4v) is 2.93. The van der Waals surface area contributed by atoms with Gasteiger partial charge in [0.25, 0.3) is 0 Å². The largest absolute Gasteiger partial charge is 0.317 e. The quantitative estimate of drug-likeness (QED) is 0.651. The summed E-state index contributed by atoms with van der Waals surface area (Å²) in [5.41, 5.74) is 2.17. The van der Waals surface area contributed by atoms with E-state index in [2.05, 4.69) is 17.0 Å². The second-order valence-electron chi connectivity index (χ2n) is 5.08. The van der Waals surface area contributed by atoms with Crippen molar-refractivity contribution >= 4 is 10.0 Å². The summed E-state index contributed by atoms with van der Waals surface area (Å²) in [6.45, 7) is 6.39. The standard InChI is InChI=1S/C15H26N2O2S/c1-3-10-16-11-4-5-12-20(18,19)17-13-15-8-6-14(2)7-9-15/h6-9,16-17H,3-5,10-13H2,1-2H3. The molecule has 1 aromatic rings. The Morgan fingerprint density at radius 3 is 2.40 bits per heavy atom. The SMILES string of the molecule is CCCNCCCCS(=O)(=O)NCc1ccc(C)cc1. The Morgan fingerprint density at radius 2 is 1.75 bits per heavy atom. The van der Waals surface area contributed by atoms with Gasteiger partial charge in [-0.15, -0.1) is 0 Å². The molecule has 20 heavy (non-hydrogen) atoms. The molecule has 0 radical (unpaired) electrons. The Labute approximate surface area is 123 Å². The predicted molar refractivity (Wildman–Crippen MR) is 84.2 cm³/mol. The number of aryl methyl sites for hydroxylation is 1. The van der Waals surface area contributed by atoms with Crippen LogP contribution in [-0.4, -0.2) is 27.3 Å². The minimum atomic E-state index is -3.16. The summed E-state index contributed by atoms with van der Waals surface area (Å²) in [6.07, 6.45) is 2.70. The van der Waals surface area contributed by atoms with Gasteiger partial charge in [-0.05, 0) is 44.8 Å². The van der Waals surface area contributed by atoms with Gasteiger partial charge in [0, 0.05) is 6.54 Å². The molecule has 5 heteroatoms. The van der Waals surface area contributed by atoms with Crippen LogP contribution in [0.25, 0.3) is 0 Å². The summed E-state index contributed by atoms with van der Waals surface area (Å²) in [5.74, 6) is 0.201. The number of hydrogen-bond acceptors (Lipinski definition) is 3. The van der Waals surface area contributed by atoms with Crippen molar-refractivity contribution in [3.63, 3.8) is 0 Å². The van der Waals surface area contributed by atoms with Crippen molar-refractivity contribution in [1.29, 1.82) is 0 Å². The van der Waals surface area contributed by atoms with E-state index in [1.54, 1.807) is 0 Å². The molecule has 0 aromatic heterocycles. The molecule has 0 atom stereocenters. The maximum Gasteiger partial charge on any atom is 0.211 e. The van der Waals surface area contributed by atoms with Gasteiger partial charge in [0.1, 0.15) is 0 Å². The lowest BCUT2D eigenvalue weighted by Gasteiger charge is -2.07. The van der Waals surface area contributed by atoms with Crippen LogP contribution >= 0.6 is 0 Å². The van der Waals surface area contributed by atoms with Crippen LogP contribution in [-0.2, 0) is 16.6 Å². The van der Waals surface area contributed by atoms with Gasteiger partial charge in [-0.3, -0.25) is 0 Å². The molecule has 4 nitrogen and oxygen atoms in total. The average molecular weight is 298 g/mol. The summed E-state index contributed by atoms with van der Waals surface area (Å²) in [6, 6.07) is 7.88. The predicted octanol–water partition coefficient (Wildman–Crippen LogP) is 2.19. The lowest BCUT2D eigenvalue weighted by molar-refractivity contribution is 0.572. The van der Waals surface area contributed by atoms with Crippen LogP contribution in [0.1, 0.15) is 37.3 Å². The molecule has 0 unspecified atom stereocenters. The summed E-state index contributed by atoms with van der Waals surface area (Å²) in [5, 5.41) is 3.27. The molecule has 0 fully saturated rings. The maximum atomic E-state index is 11.8. The number of nitrogens with one attached hydrogen (secondary N) is 2. The fraction of sp³-hybridized carbons (Fsp3) is 0.600. The van der Waals surface area contributed by atoms with Crippen molar-refractivity contribution in [3.8, 4) is 0 Å². The van der Waals surface area contributed by atoms with E-state index in [4.69, 9.17) is 0 Å². The van der Waals surface area contributed by atoms with Crippen molar-refractivity contribution in [1.82, 2.24) is 10.0 Å². The van der Waals surface area contributed by atoms with Gasteiger partial charge in [0.2, 0.25) is 10.0 Å². The van der Waals surface area contributed by atoms with Gasteiger partial charge in [0.05, 0.1) is 5.75 Å². The lowest BCUT2D eigenvalue weighted by Crippen LogP contribution is -2.26. The summed E-state index contributed by atoms with van der Waals surface area (Å²) < 4.78 is 26.3. The molecule has 1 aromatic carbocycles. The lowest BCUT2D eigenvalue weighted by atomic mass is 10.2. The Morgan fingerprint density at radius 1 is 1.05 bits per heavy atom. The molecule has 0 aliphatic carbocycles. The van der Waals surface area contributed by atoms with Crippen molar-refractivity contribution in [2.75, 3.05) is 18.8 Å². The van der Waals surface area contributed by atoms with Gasteiger partial charge < -0.3 is 5.32 Å². The second kappa shape index (κ2) is 9.10. The van der Waals surface area contributed by atoms with Crippen LogP contribution < -0.4 is 10.0 Å². The van der Waals surface area contributed by atoms with E-state index in [-0.39, 0.29) is 5.75 Å². The monoisotopic (exact) mass is 298 g/mol. The van der Waals surface area contributed by atoms with Crippen LogP contribution in [0.2, 0.25) is 0 Å². The third kappa shape index (κ3) is 7.62. The van der Waals surface area contributed by atoms with E-state index in [9.17, 15) is 8.42 Å². The Balaban J connectivity index is 2.22. The van der Waals surface area contributed by atoms with Gasteiger partial charge in [-0.25, -0.2) is 13.1 Å². The molecular formula is C15H26N2O2S. The first kappa shape index (κ1) is 17.1. The number of sulfonamides is 1. The fourth-order valence-electron chi connectivity index (χ4n) is 1.82. The smallest absolute Gasteiger partial charge is 0.211 e. The summed E-state index contributed by atoms with van der Waals surface area (Å²) >= 11 is 0. The summed E-state index contributed by atoms with van der Waals surface area (Å²) in [4.78, 5) is 0. The number of hydrogen-bond donors (Lipinski definition) is 2. The number of rotatable bonds is 10. The van der Waals surface area contributed by atoms with Crippen LogP contribution in [0, 0.1) is 6.92 Å². The van der Waals surface area contributed by atoms with Crippen LogP contribution in [0.5, 0.6) is 0 Å². The highest BCUT2D eigenvalue weighted by molar-refractivity contribution is 7.89. The molecule has 0 aliphatic heterocycles. The highest BCUT2D eigenvalue weighted by Crippen LogP contribution is 2.03. The zero-order valence-electron chi connectivity index (χ0n) is 12.5. The molecule has 2 N–H and O–H groups in total. The molecular weight excluding hydrogens is 272 g/mol. The topological polar surface area (TPSA) is 58.2 Å². The van der Waals surface area contributed by atoms with E-state index < -0.39 is 10.0 Å². The number of unbranched alkanes of at least 4 members (excludes halogenated alkanes) is 1. The van der Waals surface area contributed by atoms with Gasteiger partial charge in [-0.1, -0.05) is 36.8 Å². The number of benzene rings is 1. The third-order valence-corrected chi connectivity index (χ3v) is 4.47. The second-order valence-corrected chi connectivity index (χ2v) is 7.01. The van der Waals surface area contributed by atoms with E-state index in [1.165, 1.54) is 5.56 Å². The Kier molecular flexibility index (Phi) is 7.80. The van der Waals surface area contributed by atoms with Crippen molar-refractivity contribution in [3.05, 3.63) is 35.4 Å². The van der Waals surface area contributed by atoms with E-state index in [1.807, 2.05) is 31.2 Å². The van der Waals surface area contributed by atoms with Gasteiger partial charge in [0.15, 0.2) is 0 Å². The van der Waals surface area contributed by atoms with E-state index in [0.29, 0.717) is 13.0 Å². The molecule has 114 valence electrons. The molecule has 0 saturated carbocycles. The first-order valence-corrected chi connectivity index (χ1v) is 8.92. The highest BCUT2D eigenvalue weighted by Gasteiger charge is 2.09. The normalized spacial score (nSPS) is 11.7.